The van der Waals surface area contributed by atoms with Crippen LogP contribution in [-0.4, -0.2) is 39.7 Å². The van der Waals surface area contributed by atoms with Gasteiger partial charge in [0, 0.05) is 24.9 Å². The molecule has 25 heavy (non-hydrogen) atoms. The molecule has 2 aromatic rings. The average molecular weight is 341 g/mol. The first-order valence-electron chi connectivity index (χ1n) is 8.64. The van der Waals surface area contributed by atoms with Gasteiger partial charge < -0.3 is 10.6 Å². The average Bonchev–Trinajstić information content (AvgIpc) is 3.37. The van der Waals surface area contributed by atoms with E-state index in [-0.39, 0.29) is 23.6 Å². The largest absolute Gasteiger partial charge is 0.354 e. The summed E-state index contributed by atoms with van der Waals surface area (Å²) in [7, 11) is 0. The molecular weight excluding hydrogens is 318 g/mol. The third-order valence-corrected chi connectivity index (χ3v) is 4.01. The van der Waals surface area contributed by atoms with Crippen molar-refractivity contribution in [2.24, 2.45) is 5.92 Å². The van der Waals surface area contributed by atoms with E-state index in [1.165, 1.54) is 0 Å². The molecule has 0 unspecified atom stereocenters. The summed E-state index contributed by atoms with van der Waals surface area (Å²) in [6.07, 6.45) is 2.15. The zero-order valence-corrected chi connectivity index (χ0v) is 14.5. The number of carbonyl (C=O) groups is 2. The van der Waals surface area contributed by atoms with Gasteiger partial charge in [-0.15, -0.1) is 5.10 Å². The summed E-state index contributed by atoms with van der Waals surface area (Å²) < 4.78 is 1.76. The number of aromatic nitrogens is 3. The SMILES string of the molecule is CC(C)C(=O)NCCNC(=O)c1nc(C2CC2)n(-c2ccccc2)n1. The van der Waals surface area contributed by atoms with E-state index in [2.05, 4.69) is 20.7 Å². The van der Waals surface area contributed by atoms with Gasteiger partial charge in [0.2, 0.25) is 11.7 Å². The van der Waals surface area contributed by atoms with Gasteiger partial charge in [0.05, 0.1) is 5.69 Å². The molecule has 1 heterocycles. The minimum Gasteiger partial charge on any atom is -0.354 e. The summed E-state index contributed by atoms with van der Waals surface area (Å²) in [5.41, 5.74) is 0.903. The van der Waals surface area contributed by atoms with E-state index in [9.17, 15) is 9.59 Å². The van der Waals surface area contributed by atoms with Gasteiger partial charge in [0.25, 0.3) is 5.91 Å². The van der Waals surface area contributed by atoms with Gasteiger partial charge in [-0.3, -0.25) is 9.59 Å². The second-order valence-electron chi connectivity index (χ2n) is 6.52. The Morgan fingerprint density at radius 3 is 2.48 bits per heavy atom. The van der Waals surface area contributed by atoms with Crippen LogP contribution in [0.5, 0.6) is 0 Å². The first-order chi connectivity index (χ1) is 12.1. The smallest absolute Gasteiger partial charge is 0.291 e. The van der Waals surface area contributed by atoms with Crippen LogP contribution in [0.3, 0.4) is 0 Å². The minimum atomic E-state index is -0.324. The van der Waals surface area contributed by atoms with Crippen LogP contribution in [-0.2, 0) is 4.79 Å². The van der Waals surface area contributed by atoms with Crippen molar-refractivity contribution in [2.45, 2.75) is 32.6 Å². The second-order valence-corrected chi connectivity index (χ2v) is 6.52. The number of rotatable bonds is 7. The van der Waals surface area contributed by atoms with Crippen molar-refractivity contribution in [3.8, 4) is 5.69 Å². The van der Waals surface area contributed by atoms with Crippen LogP contribution in [0.25, 0.3) is 5.69 Å². The van der Waals surface area contributed by atoms with Crippen molar-refractivity contribution in [2.75, 3.05) is 13.1 Å². The summed E-state index contributed by atoms with van der Waals surface area (Å²) >= 11 is 0. The lowest BCUT2D eigenvalue weighted by atomic mass is 10.2. The number of para-hydroxylation sites is 1. The minimum absolute atomic E-state index is 0.0308. The maximum absolute atomic E-state index is 12.3. The number of nitrogens with zero attached hydrogens (tertiary/aromatic N) is 3. The van der Waals surface area contributed by atoms with E-state index in [1.807, 2.05) is 44.2 Å². The van der Waals surface area contributed by atoms with Crippen molar-refractivity contribution >= 4 is 11.8 Å². The molecule has 0 saturated heterocycles. The molecule has 1 fully saturated rings. The van der Waals surface area contributed by atoms with E-state index >= 15 is 0 Å². The standard InChI is InChI=1S/C18H23N5O2/c1-12(2)17(24)19-10-11-20-18(25)15-21-16(13-8-9-13)23(22-15)14-6-4-3-5-7-14/h3-7,12-13H,8-11H2,1-2H3,(H,19,24)(H,20,25). The summed E-state index contributed by atoms with van der Waals surface area (Å²) in [6, 6.07) is 9.71. The van der Waals surface area contributed by atoms with Crippen molar-refractivity contribution in [3.63, 3.8) is 0 Å². The third-order valence-electron chi connectivity index (χ3n) is 4.01. The number of hydrogen-bond acceptors (Lipinski definition) is 4. The molecule has 0 spiro atoms. The Hall–Kier alpha value is -2.70. The highest BCUT2D eigenvalue weighted by Gasteiger charge is 2.31. The van der Waals surface area contributed by atoms with Crippen molar-refractivity contribution in [1.29, 1.82) is 0 Å². The lowest BCUT2D eigenvalue weighted by Gasteiger charge is -2.07. The van der Waals surface area contributed by atoms with E-state index in [0.717, 1.165) is 24.4 Å². The van der Waals surface area contributed by atoms with Gasteiger partial charge in [0.1, 0.15) is 5.82 Å². The Bertz CT molecular complexity index is 750. The molecule has 7 heteroatoms. The molecule has 1 saturated carbocycles. The lowest BCUT2D eigenvalue weighted by molar-refractivity contribution is -0.123. The number of amides is 2. The first-order valence-corrected chi connectivity index (χ1v) is 8.64. The maximum Gasteiger partial charge on any atom is 0.291 e. The normalized spacial score (nSPS) is 13.7. The van der Waals surface area contributed by atoms with Gasteiger partial charge in [-0.05, 0) is 25.0 Å². The van der Waals surface area contributed by atoms with E-state index in [4.69, 9.17) is 0 Å². The van der Waals surface area contributed by atoms with Crippen LogP contribution < -0.4 is 10.6 Å². The van der Waals surface area contributed by atoms with Crippen LogP contribution >= 0.6 is 0 Å². The van der Waals surface area contributed by atoms with Gasteiger partial charge in [-0.25, -0.2) is 9.67 Å². The molecule has 2 amide bonds. The molecule has 0 radical (unpaired) electrons. The van der Waals surface area contributed by atoms with Crippen molar-refractivity contribution in [3.05, 3.63) is 42.0 Å². The molecule has 7 nitrogen and oxygen atoms in total. The Morgan fingerprint density at radius 1 is 1.16 bits per heavy atom. The Balaban J connectivity index is 1.64. The van der Waals surface area contributed by atoms with E-state index in [1.54, 1.807) is 4.68 Å². The lowest BCUT2D eigenvalue weighted by Crippen LogP contribution is -2.36. The first kappa shape index (κ1) is 17.1. The quantitative estimate of drug-likeness (QED) is 0.750. The number of benzene rings is 1. The van der Waals surface area contributed by atoms with Gasteiger partial charge in [0.15, 0.2) is 0 Å². The molecule has 0 atom stereocenters. The Labute approximate surface area is 146 Å². The van der Waals surface area contributed by atoms with Gasteiger partial charge in [-0.1, -0.05) is 32.0 Å². The molecule has 1 aliphatic carbocycles. The fourth-order valence-electron chi connectivity index (χ4n) is 2.43. The van der Waals surface area contributed by atoms with Crippen LogP contribution in [0.1, 0.15) is 49.1 Å². The molecule has 1 aromatic heterocycles. The third kappa shape index (κ3) is 4.23. The van der Waals surface area contributed by atoms with Crippen LogP contribution in [0.2, 0.25) is 0 Å². The Kier molecular flexibility index (Phi) is 5.11. The van der Waals surface area contributed by atoms with Gasteiger partial charge in [-0.2, -0.15) is 0 Å². The topological polar surface area (TPSA) is 88.9 Å². The highest BCUT2D eigenvalue weighted by atomic mass is 16.2. The van der Waals surface area contributed by atoms with Crippen LogP contribution in [0, 0.1) is 5.92 Å². The van der Waals surface area contributed by atoms with Crippen molar-refractivity contribution in [1.82, 2.24) is 25.4 Å². The summed E-state index contributed by atoms with van der Waals surface area (Å²) in [4.78, 5) is 28.2. The summed E-state index contributed by atoms with van der Waals surface area (Å²) in [6.45, 7) is 4.38. The summed E-state index contributed by atoms with van der Waals surface area (Å²) in [5, 5.41) is 9.90. The molecule has 1 aliphatic rings. The molecule has 0 aliphatic heterocycles. The predicted octanol–water partition coefficient (Wildman–Crippen LogP) is 1.65. The second kappa shape index (κ2) is 7.46. The Morgan fingerprint density at radius 2 is 1.84 bits per heavy atom. The maximum atomic E-state index is 12.3. The molecule has 2 N–H and O–H groups in total. The molecule has 1 aromatic carbocycles. The van der Waals surface area contributed by atoms with Crippen molar-refractivity contribution < 1.29 is 9.59 Å². The molecule has 132 valence electrons. The number of hydrogen-bond donors (Lipinski definition) is 2. The highest BCUT2D eigenvalue weighted by Crippen LogP contribution is 2.39. The molecule has 0 bridgehead atoms. The zero-order valence-electron chi connectivity index (χ0n) is 14.5. The molecular formula is C18H23N5O2. The molecule has 3 rings (SSSR count). The van der Waals surface area contributed by atoms with Gasteiger partial charge >= 0.3 is 0 Å². The van der Waals surface area contributed by atoms with E-state index in [0.29, 0.717) is 19.0 Å². The fourth-order valence-corrected chi connectivity index (χ4v) is 2.43. The van der Waals surface area contributed by atoms with E-state index < -0.39 is 0 Å². The monoisotopic (exact) mass is 341 g/mol. The predicted molar refractivity (Wildman–Crippen MR) is 93.5 cm³/mol. The fraction of sp³-hybridized carbons (Fsp3) is 0.444. The van der Waals surface area contributed by atoms with Crippen LogP contribution in [0.4, 0.5) is 0 Å². The zero-order chi connectivity index (χ0) is 17.8. The summed E-state index contributed by atoms with van der Waals surface area (Å²) in [5.74, 6) is 0.956. The number of nitrogens with one attached hydrogen (secondary N) is 2. The number of carbonyl (C=O) groups excluding carboxylic acids is 2. The highest BCUT2D eigenvalue weighted by molar-refractivity contribution is 5.90. The van der Waals surface area contributed by atoms with Crippen LogP contribution in [0.15, 0.2) is 30.3 Å².